The lowest BCUT2D eigenvalue weighted by Gasteiger charge is -2.10. The number of anilines is 2. The van der Waals surface area contributed by atoms with E-state index in [1.807, 2.05) is 0 Å². The van der Waals surface area contributed by atoms with Gasteiger partial charge >= 0.3 is 0 Å². The number of fused-ring (bicyclic) bond motifs is 2. The number of hydrogen-bond donors (Lipinski definition) is 1. The Morgan fingerprint density at radius 2 is 0.939 bits per heavy atom. The molecule has 0 radical (unpaired) electrons. The van der Waals surface area contributed by atoms with Gasteiger partial charge in [0.25, 0.3) is 0 Å². The Hall–Kier alpha value is -4.36. The molecule has 0 atom stereocenters. The molecule has 6 rings (SSSR count). The molecule has 6 aromatic rings. The SMILES string of the molecule is c1ccc2cc(Nc3ccc(-c4ccc(-c5cccc6ccccc56)cc4)cc3)ccc2c1. The summed E-state index contributed by atoms with van der Waals surface area (Å²) in [5.41, 5.74) is 7.13. The molecule has 1 N–H and O–H groups in total. The van der Waals surface area contributed by atoms with Crippen LogP contribution in [0.1, 0.15) is 0 Å². The predicted octanol–water partition coefficient (Wildman–Crippen LogP) is 9.07. The van der Waals surface area contributed by atoms with Gasteiger partial charge in [-0.05, 0) is 68.1 Å². The minimum absolute atomic E-state index is 1.08. The van der Waals surface area contributed by atoms with Crippen LogP contribution < -0.4 is 5.32 Å². The van der Waals surface area contributed by atoms with E-state index in [1.165, 1.54) is 43.8 Å². The van der Waals surface area contributed by atoms with Crippen LogP contribution in [0.4, 0.5) is 11.4 Å². The van der Waals surface area contributed by atoms with Gasteiger partial charge in [0.15, 0.2) is 0 Å². The Kier molecular flexibility index (Phi) is 4.86. The molecule has 0 saturated carbocycles. The van der Waals surface area contributed by atoms with Gasteiger partial charge in [-0.25, -0.2) is 0 Å². The summed E-state index contributed by atoms with van der Waals surface area (Å²) in [6, 6.07) is 47.5. The molecule has 0 bridgehead atoms. The van der Waals surface area contributed by atoms with Crippen LogP contribution in [-0.4, -0.2) is 0 Å². The first-order valence-electron chi connectivity index (χ1n) is 11.3. The van der Waals surface area contributed by atoms with E-state index in [1.54, 1.807) is 0 Å². The maximum absolute atomic E-state index is 3.52. The number of hydrogen-bond acceptors (Lipinski definition) is 1. The molecule has 0 aromatic heterocycles. The van der Waals surface area contributed by atoms with Crippen LogP contribution >= 0.6 is 0 Å². The molecule has 0 amide bonds. The van der Waals surface area contributed by atoms with Crippen molar-refractivity contribution in [2.45, 2.75) is 0 Å². The zero-order chi connectivity index (χ0) is 22.0. The van der Waals surface area contributed by atoms with Gasteiger partial charge in [0.05, 0.1) is 0 Å². The fourth-order valence-electron chi connectivity index (χ4n) is 4.50. The van der Waals surface area contributed by atoms with Crippen LogP contribution in [0.5, 0.6) is 0 Å². The molecule has 1 nitrogen and oxygen atoms in total. The lowest BCUT2D eigenvalue weighted by molar-refractivity contribution is 1.55. The summed E-state index contributed by atoms with van der Waals surface area (Å²) in [6.07, 6.45) is 0. The van der Waals surface area contributed by atoms with Crippen LogP contribution in [0.2, 0.25) is 0 Å². The van der Waals surface area contributed by atoms with Crippen LogP contribution in [-0.2, 0) is 0 Å². The summed E-state index contributed by atoms with van der Waals surface area (Å²) >= 11 is 0. The van der Waals surface area contributed by atoms with Crippen molar-refractivity contribution in [2.75, 3.05) is 5.32 Å². The molecule has 0 aliphatic carbocycles. The van der Waals surface area contributed by atoms with Crippen molar-refractivity contribution in [3.8, 4) is 22.3 Å². The Morgan fingerprint density at radius 1 is 0.364 bits per heavy atom. The van der Waals surface area contributed by atoms with Crippen molar-refractivity contribution in [3.63, 3.8) is 0 Å². The minimum Gasteiger partial charge on any atom is -0.356 e. The lowest BCUT2D eigenvalue weighted by atomic mass is 9.96. The van der Waals surface area contributed by atoms with E-state index in [4.69, 9.17) is 0 Å². The Balaban J connectivity index is 1.23. The van der Waals surface area contributed by atoms with Crippen molar-refractivity contribution in [2.24, 2.45) is 0 Å². The van der Waals surface area contributed by atoms with E-state index in [-0.39, 0.29) is 0 Å². The highest BCUT2D eigenvalue weighted by molar-refractivity contribution is 5.96. The third kappa shape index (κ3) is 3.86. The van der Waals surface area contributed by atoms with E-state index in [0.29, 0.717) is 0 Å². The first-order valence-corrected chi connectivity index (χ1v) is 11.3. The number of rotatable bonds is 4. The smallest absolute Gasteiger partial charge is 0.0390 e. The highest BCUT2D eigenvalue weighted by Crippen LogP contribution is 2.31. The summed E-state index contributed by atoms with van der Waals surface area (Å²) in [6.45, 7) is 0. The number of nitrogens with one attached hydrogen (secondary N) is 1. The molecule has 0 unspecified atom stereocenters. The molecule has 1 heteroatoms. The second-order valence-electron chi connectivity index (χ2n) is 8.37. The van der Waals surface area contributed by atoms with Crippen molar-refractivity contribution < 1.29 is 0 Å². The second-order valence-corrected chi connectivity index (χ2v) is 8.37. The van der Waals surface area contributed by atoms with Crippen LogP contribution in [0.25, 0.3) is 43.8 Å². The van der Waals surface area contributed by atoms with Crippen molar-refractivity contribution >= 4 is 32.9 Å². The lowest BCUT2D eigenvalue weighted by Crippen LogP contribution is -1.90. The van der Waals surface area contributed by atoms with E-state index in [0.717, 1.165) is 11.4 Å². The largest absolute Gasteiger partial charge is 0.356 e. The average Bonchev–Trinajstić information content (AvgIpc) is 2.89. The topological polar surface area (TPSA) is 12.0 Å². The molecule has 156 valence electrons. The maximum atomic E-state index is 3.52. The van der Waals surface area contributed by atoms with Crippen molar-refractivity contribution in [1.82, 2.24) is 0 Å². The zero-order valence-corrected chi connectivity index (χ0v) is 18.2. The molecule has 0 saturated heterocycles. The van der Waals surface area contributed by atoms with Gasteiger partial charge < -0.3 is 5.32 Å². The Morgan fingerprint density at radius 3 is 1.73 bits per heavy atom. The van der Waals surface area contributed by atoms with Gasteiger partial charge in [-0.3, -0.25) is 0 Å². The van der Waals surface area contributed by atoms with Gasteiger partial charge in [0.1, 0.15) is 0 Å². The van der Waals surface area contributed by atoms with Crippen LogP contribution in [0, 0.1) is 0 Å². The first kappa shape index (κ1) is 19.3. The molecular weight excluding hydrogens is 398 g/mol. The minimum atomic E-state index is 1.08. The van der Waals surface area contributed by atoms with E-state index in [9.17, 15) is 0 Å². The highest BCUT2D eigenvalue weighted by atomic mass is 14.9. The summed E-state index contributed by atoms with van der Waals surface area (Å²) in [4.78, 5) is 0. The standard InChI is InChI=1S/C32H23N/c1-2-8-28-22-30(21-18-23(28)6-1)33-29-19-16-25(17-20-29)24-12-14-27(15-13-24)32-11-5-9-26-7-3-4-10-31(26)32/h1-22,33H. The monoisotopic (exact) mass is 421 g/mol. The predicted molar refractivity (Wildman–Crippen MR) is 142 cm³/mol. The van der Waals surface area contributed by atoms with Crippen LogP contribution in [0.3, 0.4) is 0 Å². The fourth-order valence-corrected chi connectivity index (χ4v) is 4.50. The summed E-state index contributed by atoms with van der Waals surface area (Å²) < 4.78 is 0. The second kappa shape index (κ2) is 8.29. The average molecular weight is 422 g/mol. The molecule has 33 heavy (non-hydrogen) atoms. The van der Waals surface area contributed by atoms with Crippen molar-refractivity contribution in [1.29, 1.82) is 0 Å². The third-order valence-corrected chi connectivity index (χ3v) is 6.24. The van der Waals surface area contributed by atoms with E-state index < -0.39 is 0 Å². The highest BCUT2D eigenvalue weighted by Gasteiger charge is 2.05. The third-order valence-electron chi connectivity index (χ3n) is 6.24. The van der Waals surface area contributed by atoms with Crippen molar-refractivity contribution in [3.05, 3.63) is 133 Å². The molecule has 0 fully saturated rings. The normalized spacial score (nSPS) is 11.0. The quantitative estimate of drug-likeness (QED) is 0.299. The van der Waals surface area contributed by atoms with Gasteiger partial charge in [0, 0.05) is 11.4 Å². The summed E-state index contributed by atoms with van der Waals surface area (Å²) in [5.74, 6) is 0. The van der Waals surface area contributed by atoms with E-state index in [2.05, 4.69) is 139 Å². The Bertz CT molecular complexity index is 1560. The van der Waals surface area contributed by atoms with Crippen LogP contribution in [0.15, 0.2) is 133 Å². The number of benzene rings is 6. The molecule has 0 aliphatic heterocycles. The molecule has 0 spiro atoms. The maximum Gasteiger partial charge on any atom is 0.0390 e. The summed E-state index contributed by atoms with van der Waals surface area (Å²) in [7, 11) is 0. The van der Waals surface area contributed by atoms with Gasteiger partial charge in [0.2, 0.25) is 0 Å². The molecule has 0 heterocycles. The summed E-state index contributed by atoms with van der Waals surface area (Å²) in [5, 5.41) is 8.58. The Labute approximate surface area is 194 Å². The fraction of sp³-hybridized carbons (Fsp3) is 0. The van der Waals surface area contributed by atoms with Gasteiger partial charge in [-0.2, -0.15) is 0 Å². The van der Waals surface area contributed by atoms with E-state index >= 15 is 0 Å². The molecular formula is C32H23N. The molecule has 0 aliphatic rings. The zero-order valence-electron chi connectivity index (χ0n) is 18.2. The first-order chi connectivity index (χ1) is 16.3. The van der Waals surface area contributed by atoms with Gasteiger partial charge in [-0.1, -0.05) is 109 Å². The van der Waals surface area contributed by atoms with Gasteiger partial charge in [-0.15, -0.1) is 0 Å². The molecule has 6 aromatic carbocycles.